The number of unbranched alkanes of at least 4 members (excludes halogenated alkanes) is 30. The maximum atomic E-state index is 12.7. The van der Waals surface area contributed by atoms with Crippen LogP contribution in [0.15, 0.2) is 97.2 Å². The Kier molecular flexibility index (Phi) is 59.7. The Balaban J connectivity index is 3.91. The van der Waals surface area contributed by atoms with Crippen LogP contribution in [0, 0.1) is 0 Å². The van der Waals surface area contributed by atoms with E-state index in [-0.39, 0.29) is 38.6 Å². The first kappa shape index (κ1) is 73.9. The second kappa shape index (κ2) is 62.1. The predicted octanol–water partition coefficient (Wildman–Crippen LogP) is 20.4. The minimum absolute atomic E-state index is 0.0510. The molecular formula is C67H118NO8P. The van der Waals surface area contributed by atoms with Crippen LogP contribution in [-0.2, 0) is 32.7 Å². The van der Waals surface area contributed by atoms with Crippen molar-refractivity contribution >= 4 is 19.8 Å². The Bertz CT molecular complexity index is 1580. The summed E-state index contributed by atoms with van der Waals surface area (Å²) in [4.78, 5) is 35.3. The molecule has 0 aromatic heterocycles. The second-order valence-corrected chi connectivity index (χ2v) is 22.3. The van der Waals surface area contributed by atoms with E-state index < -0.39 is 26.5 Å². The Labute approximate surface area is 474 Å². The first-order valence-electron chi connectivity index (χ1n) is 31.7. The van der Waals surface area contributed by atoms with Crippen LogP contribution in [-0.4, -0.2) is 49.3 Å². The van der Waals surface area contributed by atoms with Gasteiger partial charge in [-0.15, -0.1) is 0 Å². The molecule has 0 fully saturated rings. The van der Waals surface area contributed by atoms with E-state index in [1.54, 1.807) is 0 Å². The average Bonchev–Trinajstić information content (AvgIpc) is 3.42. The normalized spacial score (nSPS) is 13.7. The second-order valence-electron chi connectivity index (χ2n) is 20.9. The third-order valence-corrected chi connectivity index (χ3v) is 14.4. The summed E-state index contributed by atoms with van der Waals surface area (Å²) in [6.45, 7) is 3.55. The van der Waals surface area contributed by atoms with Crippen molar-refractivity contribution in [3.63, 3.8) is 0 Å². The molecule has 10 heteroatoms. The lowest BCUT2D eigenvalue weighted by Crippen LogP contribution is -2.29. The Hall–Kier alpha value is -3.07. The Morgan fingerprint density at radius 1 is 0.390 bits per heavy atom. The van der Waals surface area contributed by atoms with Gasteiger partial charge in [0.2, 0.25) is 0 Å². The highest BCUT2D eigenvalue weighted by Gasteiger charge is 2.26. The fraction of sp³-hybridized carbons (Fsp3) is 0.731. The number of allylic oxidation sites excluding steroid dienone is 16. The lowest BCUT2D eigenvalue weighted by molar-refractivity contribution is -0.161. The fourth-order valence-electron chi connectivity index (χ4n) is 8.86. The van der Waals surface area contributed by atoms with E-state index in [4.69, 9.17) is 24.3 Å². The van der Waals surface area contributed by atoms with Gasteiger partial charge >= 0.3 is 19.8 Å². The van der Waals surface area contributed by atoms with Crippen molar-refractivity contribution in [3.05, 3.63) is 97.2 Å². The number of carbonyl (C=O) groups excluding carboxylic acids is 2. The molecule has 0 heterocycles. The molecule has 0 radical (unpaired) electrons. The van der Waals surface area contributed by atoms with E-state index >= 15 is 0 Å². The van der Waals surface area contributed by atoms with Crippen molar-refractivity contribution < 1.29 is 37.6 Å². The molecule has 0 aliphatic heterocycles. The van der Waals surface area contributed by atoms with Gasteiger partial charge in [0.05, 0.1) is 13.2 Å². The summed E-state index contributed by atoms with van der Waals surface area (Å²) in [6.07, 6.45) is 83.3. The van der Waals surface area contributed by atoms with Crippen LogP contribution in [0.1, 0.15) is 284 Å². The van der Waals surface area contributed by atoms with Crippen LogP contribution >= 0.6 is 7.82 Å². The molecule has 77 heavy (non-hydrogen) atoms. The zero-order valence-electron chi connectivity index (χ0n) is 49.7. The third-order valence-electron chi connectivity index (χ3n) is 13.5. The van der Waals surface area contributed by atoms with Crippen molar-refractivity contribution in [3.8, 4) is 0 Å². The number of hydrogen-bond donors (Lipinski definition) is 2. The number of phosphoric ester groups is 1. The summed E-state index contributed by atoms with van der Waals surface area (Å²) >= 11 is 0. The van der Waals surface area contributed by atoms with E-state index in [9.17, 15) is 19.0 Å². The lowest BCUT2D eigenvalue weighted by atomic mass is 10.0. The number of esters is 2. The summed E-state index contributed by atoms with van der Waals surface area (Å²) in [6, 6.07) is 0. The molecule has 2 atom stereocenters. The molecule has 0 amide bonds. The summed E-state index contributed by atoms with van der Waals surface area (Å²) < 4.78 is 33.1. The summed E-state index contributed by atoms with van der Waals surface area (Å²) in [5, 5.41) is 0. The molecule has 0 aromatic rings. The molecule has 9 nitrogen and oxygen atoms in total. The van der Waals surface area contributed by atoms with Gasteiger partial charge in [-0.25, -0.2) is 4.57 Å². The first-order chi connectivity index (χ1) is 37.8. The number of phosphoric acid groups is 1. The molecule has 0 aliphatic carbocycles. The van der Waals surface area contributed by atoms with Crippen molar-refractivity contribution in [2.24, 2.45) is 5.73 Å². The van der Waals surface area contributed by atoms with Crippen LogP contribution in [0.2, 0.25) is 0 Å². The maximum absolute atomic E-state index is 12.7. The van der Waals surface area contributed by atoms with Crippen molar-refractivity contribution in [1.29, 1.82) is 0 Å². The highest BCUT2D eigenvalue weighted by Crippen LogP contribution is 2.43. The van der Waals surface area contributed by atoms with Crippen molar-refractivity contribution in [1.82, 2.24) is 0 Å². The third kappa shape index (κ3) is 62.0. The van der Waals surface area contributed by atoms with Crippen LogP contribution in [0.4, 0.5) is 0 Å². The molecule has 0 bridgehead atoms. The molecule has 0 saturated heterocycles. The van der Waals surface area contributed by atoms with Gasteiger partial charge in [-0.1, -0.05) is 278 Å². The standard InChI is InChI=1S/C67H118NO8P/c1-3-5-7-9-11-13-15-17-19-21-23-25-27-29-31-32-34-36-38-40-42-44-46-48-50-52-54-56-58-60-67(70)76-65(64-75-77(71,72)74-62-61-68)63-73-66(69)59-57-55-53-51-49-47-45-43-41-39-37-35-33-30-28-26-24-22-20-18-16-14-12-10-8-6-4-2/h5-8,11-14,17-20,23-26,65H,3-4,9-10,15-16,21-22,27-64,68H2,1-2H3,(H,71,72)/b7-5-,8-6-,13-11-,14-12-,19-17-,20-18-,25-23-,26-24-. The quantitative estimate of drug-likeness (QED) is 0.0264. The molecule has 444 valence electrons. The summed E-state index contributed by atoms with van der Waals surface area (Å²) in [5.41, 5.74) is 5.39. The minimum atomic E-state index is -4.39. The maximum Gasteiger partial charge on any atom is 0.472 e. The summed E-state index contributed by atoms with van der Waals surface area (Å²) in [5.74, 6) is -0.822. The van der Waals surface area contributed by atoms with Gasteiger partial charge in [0, 0.05) is 19.4 Å². The number of ether oxygens (including phenoxy) is 2. The molecule has 0 spiro atoms. The van der Waals surface area contributed by atoms with E-state index in [1.807, 2.05) is 0 Å². The van der Waals surface area contributed by atoms with Gasteiger partial charge in [-0.05, 0) is 89.9 Å². The summed E-state index contributed by atoms with van der Waals surface area (Å²) in [7, 11) is -4.39. The number of rotatable bonds is 59. The highest BCUT2D eigenvalue weighted by molar-refractivity contribution is 7.47. The fourth-order valence-corrected chi connectivity index (χ4v) is 9.62. The van der Waals surface area contributed by atoms with Crippen LogP contribution in [0.5, 0.6) is 0 Å². The number of nitrogens with two attached hydrogens (primary N) is 1. The Morgan fingerprint density at radius 2 is 0.675 bits per heavy atom. The molecular weight excluding hydrogens is 978 g/mol. The van der Waals surface area contributed by atoms with Gasteiger partial charge in [0.15, 0.2) is 6.10 Å². The molecule has 2 unspecified atom stereocenters. The first-order valence-corrected chi connectivity index (χ1v) is 33.2. The zero-order chi connectivity index (χ0) is 55.9. The van der Waals surface area contributed by atoms with Gasteiger partial charge < -0.3 is 20.1 Å². The topological polar surface area (TPSA) is 134 Å². The van der Waals surface area contributed by atoms with Crippen molar-refractivity contribution in [2.75, 3.05) is 26.4 Å². The molecule has 0 aromatic carbocycles. The van der Waals surface area contributed by atoms with Crippen LogP contribution in [0.25, 0.3) is 0 Å². The number of carbonyl (C=O) groups is 2. The van der Waals surface area contributed by atoms with Crippen LogP contribution in [0.3, 0.4) is 0 Å². The van der Waals surface area contributed by atoms with Gasteiger partial charge in [0.1, 0.15) is 6.61 Å². The van der Waals surface area contributed by atoms with E-state index in [0.29, 0.717) is 6.42 Å². The highest BCUT2D eigenvalue weighted by atomic mass is 31.2. The monoisotopic (exact) mass is 1100 g/mol. The molecule has 0 saturated carbocycles. The van der Waals surface area contributed by atoms with Crippen LogP contribution < -0.4 is 5.73 Å². The number of hydrogen-bond acceptors (Lipinski definition) is 8. The van der Waals surface area contributed by atoms with E-state index in [0.717, 1.165) is 89.9 Å². The molecule has 3 N–H and O–H groups in total. The average molecular weight is 1100 g/mol. The smallest absolute Gasteiger partial charge is 0.462 e. The van der Waals surface area contributed by atoms with Gasteiger partial charge in [0.25, 0.3) is 0 Å². The minimum Gasteiger partial charge on any atom is -0.462 e. The van der Waals surface area contributed by atoms with Crippen molar-refractivity contribution in [2.45, 2.75) is 290 Å². The molecule has 0 rings (SSSR count). The Morgan fingerprint density at radius 3 is 1.00 bits per heavy atom. The SMILES string of the molecule is CC/C=C\C/C=C\C/C=C\C/C=C\CCCCCCCCCCCCCCCCCCC(=O)OC(COC(=O)CCCCCCCCCCCCCCCC/C=C\C/C=C\C/C=C\C/C=C\CC)COP(=O)(O)OCCN. The zero-order valence-corrected chi connectivity index (χ0v) is 50.6. The largest absolute Gasteiger partial charge is 0.472 e. The van der Waals surface area contributed by atoms with E-state index in [2.05, 4.69) is 111 Å². The van der Waals surface area contributed by atoms with Gasteiger partial charge in [-0.2, -0.15) is 0 Å². The van der Waals surface area contributed by atoms with Gasteiger partial charge in [-0.3, -0.25) is 18.6 Å². The molecule has 0 aliphatic rings. The predicted molar refractivity (Wildman–Crippen MR) is 330 cm³/mol. The lowest BCUT2D eigenvalue weighted by Gasteiger charge is -2.19. The van der Waals surface area contributed by atoms with E-state index in [1.165, 1.54) is 161 Å².